The van der Waals surface area contributed by atoms with Gasteiger partial charge < -0.3 is 20.3 Å². The number of phenols is 2. The van der Waals surface area contributed by atoms with Crippen LogP contribution in [-0.2, 0) is 16.0 Å². The Hall–Kier alpha value is -2.31. The molecule has 2 aliphatic heterocycles. The fourth-order valence-electron chi connectivity index (χ4n) is 2.89. The van der Waals surface area contributed by atoms with Gasteiger partial charge in [-0.3, -0.25) is 9.59 Å². The average Bonchev–Trinajstić information content (AvgIpc) is 3.25. The van der Waals surface area contributed by atoms with Gasteiger partial charge in [0, 0.05) is 18.5 Å². The number of carbonyl (C=O) groups is 2. The van der Waals surface area contributed by atoms with Crippen molar-refractivity contribution in [2.24, 2.45) is 0 Å². The molecule has 6 nitrogen and oxygen atoms in total. The van der Waals surface area contributed by atoms with Gasteiger partial charge in [0.05, 0.1) is 16.7 Å². The van der Waals surface area contributed by atoms with E-state index in [2.05, 4.69) is 5.32 Å². The number of benzene rings is 1. The lowest BCUT2D eigenvalue weighted by atomic mass is 9.98. The lowest BCUT2D eigenvalue weighted by Gasteiger charge is -2.17. The molecule has 1 aromatic carbocycles. The van der Waals surface area contributed by atoms with Gasteiger partial charge in [-0.2, -0.15) is 0 Å². The first-order valence-electron chi connectivity index (χ1n) is 7.94. The van der Waals surface area contributed by atoms with E-state index < -0.39 is 11.7 Å². The third-order valence-corrected chi connectivity index (χ3v) is 4.60. The van der Waals surface area contributed by atoms with Crippen LogP contribution in [0.2, 0.25) is 5.02 Å². The van der Waals surface area contributed by atoms with E-state index in [0.717, 1.165) is 6.07 Å². The maximum atomic E-state index is 12.6. The molecule has 1 aromatic rings. The highest BCUT2D eigenvalue weighted by atomic mass is 35.5. The zero-order valence-corrected chi connectivity index (χ0v) is 14.3. The van der Waals surface area contributed by atoms with Crippen molar-refractivity contribution in [2.45, 2.75) is 38.0 Å². The molecule has 1 fully saturated rings. The standard InChI is InChI=1S/C18H18ClNO5/c1-9-6-15-14(25-15)5-3-2-4-10(21)7-11-16(18(24)20-9)12(22)8-13(23)17(11)19/h2-5,8-9,14-15,22-23H,6-7H2,1H3,(H,20,24)/b4-2+,5-3+. The van der Waals surface area contributed by atoms with Crippen LogP contribution in [0.15, 0.2) is 30.4 Å². The molecule has 7 heteroatoms. The van der Waals surface area contributed by atoms with E-state index >= 15 is 0 Å². The van der Waals surface area contributed by atoms with Crippen molar-refractivity contribution in [3.05, 3.63) is 46.5 Å². The molecule has 3 N–H and O–H groups in total. The molecule has 0 saturated carbocycles. The number of carbonyl (C=O) groups excluding carboxylic acids is 2. The molecule has 0 spiro atoms. The predicted molar refractivity (Wildman–Crippen MR) is 92.0 cm³/mol. The molecule has 0 radical (unpaired) electrons. The summed E-state index contributed by atoms with van der Waals surface area (Å²) in [6.07, 6.45) is 6.92. The van der Waals surface area contributed by atoms with E-state index in [1.807, 2.05) is 13.0 Å². The van der Waals surface area contributed by atoms with Gasteiger partial charge in [-0.05, 0) is 25.0 Å². The number of ketones is 1. The zero-order valence-electron chi connectivity index (χ0n) is 13.5. The van der Waals surface area contributed by atoms with Gasteiger partial charge in [-0.1, -0.05) is 29.8 Å². The number of amides is 1. The summed E-state index contributed by atoms with van der Waals surface area (Å²) < 4.78 is 5.49. The highest BCUT2D eigenvalue weighted by Crippen LogP contribution is 2.37. The summed E-state index contributed by atoms with van der Waals surface area (Å²) in [5, 5.41) is 22.6. The Balaban J connectivity index is 2.01. The summed E-state index contributed by atoms with van der Waals surface area (Å²) >= 11 is 6.08. The van der Waals surface area contributed by atoms with Gasteiger partial charge >= 0.3 is 0 Å². The Morgan fingerprint density at radius 1 is 1.24 bits per heavy atom. The summed E-state index contributed by atoms with van der Waals surface area (Å²) in [7, 11) is 0. The number of epoxide rings is 1. The highest BCUT2D eigenvalue weighted by Gasteiger charge is 2.37. The second-order valence-electron chi connectivity index (χ2n) is 6.22. The maximum Gasteiger partial charge on any atom is 0.255 e. The van der Waals surface area contributed by atoms with Crippen molar-refractivity contribution in [2.75, 3.05) is 0 Å². The van der Waals surface area contributed by atoms with Gasteiger partial charge in [0.1, 0.15) is 17.6 Å². The molecule has 3 rings (SSSR count). The van der Waals surface area contributed by atoms with Crippen molar-refractivity contribution in [3.8, 4) is 11.5 Å². The molecule has 1 amide bonds. The number of hydrogen-bond donors (Lipinski definition) is 3. The third kappa shape index (κ3) is 3.86. The number of halogens is 1. The Labute approximate surface area is 149 Å². The van der Waals surface area contributed by atoms with Crippen LogP contribution in [0.1, 0.15) is 29.3 Å². The van der Waals surface area contributed by atoms with Crippen LogP contribution >= 0.6 is 11.6 Å². The van der Waals surface area contributed by atoms with Crippen molar-refractivity contribution in [1.29, 1.82) is 0 Å². The second kappa shape index (κ2) is 6.90. The van der Waals surface area contributed by atoms with E-state index in [4.69, 9.17) is 16.3 Å². The summed E-state index contributed by atoms with van der Waals surface area (Å²) in [6.45, 7) is 1.83. The first-order chi connectivity index (χ1) is 11.9. The number of allylic oxidation sites excluding steroid dienone is 3. The smallest absolute Gasteiger partial charge is 0.255 e. The number of rotatable bonds is 0. The number of fused-ring (bicyclic) bond motifs is 2. The van der Waals surface area contributed by atoms with E-state index in [1.165, 1.54) is 6.08 Å². The highest BCUT2D eigenvalue weighted by molar-refractivity contribution is 6.33. The predicted octanol–water partition coefficient (Wildman–Crippen LogP) is 2.26. The summed E-state index contributed by atoms with van der Waals surface area (Å²) in [5.74, 6) is -1.68. The Kier molecular flexibility index (Phi) is 4.83. The normalized spacial score (nSPS) is 29.0. The third-order valence-electron chi connectivity index (χ3n) is 4.18. The minimum absolute atomic E-state index is 0.00932. The average molecular weight is 364 g/mol. The number of phenolic OH excluding ortho intramolecular Hbond substituents is 2. The topological polar surface area (TPSA) is 99.2 Å². The van der Waals surface area contributed by atoms with Gasteiger partial charge in [0.25, 0.3) is 5.91 Å². The summed E-state index contributed by atoms with van der Waals surface area (Å²) in [5.41, 5.74) is -0.00243. The molecule has 3 unspecified atom stereocenters. The number of ether oxygens (including phenoxy) is 1. The Morgan fingerprint density at radius 3 is 2.76 bits per heavy atom. The van der Waals surface area contributed by atoms with Crippen LogP contribution in [0, 0.1) is 0 Å². The monoisotopic (exact) mass is 363 g/mol. The van der Waals surface area contributed by atoms with E-state index in [-0.39, 0.29) is 52.4 Å². The number of nitrogens with one attached hydrogen (secondary N) is 1. The molecule has 0 aromatic heterocycles. The van der Waals surface area contributed by atoms with E-state index in [9.17, 15) is 19.8 Å². The quantitative estimate of drug-likeness (QED) is 0.614. The van der Waals surface area contributed by atoms with E-state index in [1.54, 1.807) is 12.2 Å². The van der Waals surface area contributed by atoms with Crippen LogP contribution in [0.3, 0.4) is 0 Å². The lowest BCUT2D eigenvalue weighted by molar-refractivity contribution is -0.114. The second-order valence-corrected chi connectivity index (χ2v) is 6.60. The molecule has 2 heterocycles. The van der Waals surface area contributed by atoms with E-state index in [0.29, 0.717) is 6.42 Å². The first-order valence-corrected chi connectivity index (χ1v) is 8.32. The number of hydrogen-bond acceptors (Lipinski definition) is 5. The van der Waals surface area contributed by atoms with Crippen LogP contribution in [0.5, 0.6) is 11.5 Å². The minimum Gasteiger partial charge on any atom is -0.507 e. The molecule has 25 heavy (non-hydrogen) atoms. The molecule has 0 aliphatic carbocycles. The van der Waals surface area contributed by atoms with Gasteiger partial charge in [0.15, 0.2) is 5.78 Å². The van der Waals surface area contributed by atoms with Crippen LogP contribution in [0.4, 0.5) is 0 Å². The zero-order chi connectivity index (χ0) is 18.1. The Bertz CT molecular complexity index is 786. The summed E-state index contributed by atoms with van der Waals surface area (Å²) in [4.78, 5) is 24.7. The van der Waals surface area contributed by atoms with Crippen molar-refractivity contribution in [3.63, 3.8) is 0 Å². The van der Waals surface area contributed by atoms with Crippen molar-refractivity contribution < 1.29 is 24.5 Å². The SMILES string of the molecule is CC1CC2OC2/C=C/C=C/C(=O)Cc2c(Cl)c(O)cc(O)c2C(=O)N1. The van der Waals surface area contributed by atoms with Crippen molar-refractivity contribution in [1.82, 2.24) is 5.32 Å². The molecule has 132 valence electrons. The maximum absolute atomic E-state index is 12.6. The fraction of sp³-hybridized carbons (Fsp3) is 0.333. The fourth-order valence-corrected chi connectivity index (χ4v) is 3.11. The largest absolute Gasteiger partial charge is 0.507 e. The molecule has 3 atom stereocenters. The molecule has 0 bridgehead atoms. The number of aromatic hydroxyl groups is 2. The molecular formula is C18H18ClNO5. The molecular weight excluding hydrogens is 346 g/mol. The Morgan fingerprint density at radius 2 is 2.00 bits per heavy atom. The van der Waals surface area contributed by atoms with Gasteiger partial charge in [-0.25, -0.2) is 0 Å². The van der Waals surface area contributed by atoms with Crippen LogP contribution in [0.25, 0.3) is 0 Å². The molecule has 2 aliphatic rings. The van der Waals surface area contributed by atoms with Crippen LogP contribution in [-0.4, -0.2) is 40.2 Å². The molecule has 1 saturated heterocycles. The minimum atomic E-state index is -0.552. The lowest BCUT2D eigenvalue weighted by Crippen LogP contribution is -2.34. The summed E-state index contributed by atoms with van der Waals surface area (Å²) in [6, 6.07) is 0.794. The van der Waals surface area contributed by atoms with Gasteiger partial charge in [-0.15, -0.1) is 0 Å². The first kappa shape index (κ1) is 17.5. The van der Waals surface area contributed by atoms with Crippen molar-refractivity contribution >= 4 is 23.3 Å². The van der Waals surface area contributed by atoms with Crippen LogP contribution < -0.4 is 5.32 Å². The van der Waals surface area contributed by atoms with Gasteiger partial charge in [0.2, 0.25) is 0 Å².